The Morgan fingerprint density at radius 3 is 2.44 bits per heavy atom. The summed E-state index contributed by atoms with van der Waals surface area (Å²) in [5.41, 5.74) is 4.58. The van der Waals surface area contributed by atoms with Crippen molar-refractivity contribution in [3.8, 4) is 0 Å². The number of nitrogens with one attached hydrogen (secondary N) is 1. The summed E-state index contributed by atoms with van der Waals surface area (Å²) in [4.78, 5) is 4.55. The Morgan fingerprint density at radius 2 is 1.80 bits per heavy atom. The van der Waals surface area contributed by atoms with Crippen LogP contribution >= 0.6 is 0 Å². The quantitative estimate of drug-likeness (QED) is 0.712. The van der Waals surface area contributed by atoms with Gasteiger partial charge in [0.2, 0.25) is 0 Å². The van der Waals surface area contributed by atoms with Gasteiger partial charge >= 0.3 is 0 Å². The molecule has 0 aliphatic carbocycles. The zero-order valence-electron chi connectivity index (χ0n) is 15.2. The zero-order valence-corrected chi connectivity index (χ0v) is 15.2. The number of rotatable bonds is 7. The first-order valence-corrected chi connectivity index (χ1v) is 8.84. The molecular formula is C21H26N4. The highest BCUT2D eigenvalue weighted by molar-refractivity contribution is 5.27. The molecule has 0 aliphatic rings. The third-order valence-corrected chi connectivity index (χ3v) is 4.37. The van der Waals surface area contributed by atoms with E-state index in [0.29, 0.717) is 5.92 Å². The van der Waals surface area contributed by atoms with E-state index in [-0.39, 0.29) is 6.04 Å². The number of benzene rings is 1. The van der Waals surface area contributed by atoms with Gasteiger partial charge in [-0.3, -0.25) is 9.67 Å². The molecule has 25 heavy (non-hydrogen) atoms. The van der Waals surface area contributed by atoms with Gasteiger partial charge in [0, 0.05) is 25.0 Å². The van der Waals surface area contributed by atoms with Crippen molar-refractivity contribution in [2.45, 2.75) is 33.4 Å². The van der Waals surface area contributed by atoms with Gasteiger partial charge in [0.05, 0.1) is 17.4 Å². The molecule has 0 fully saturated rings. The van der Waals surface area contributed by atoms with Crippen molar-refractivity contribution in [3.63, 3.8) is 0 Å². The van der Waals surface area contributed by atoms with Crippen molar-refractivity contribution in [1.82, 2.24) is 20.1 Å². The molecule has 0 saturated carbocycles. The van der Waals surface area contributed by atoms with Crippen molar-refractivity contribution in [2.75, 3.05) is 6.54 Å². The van der Waals surface area contributed by atoms with Gasteiger partial charge in [-0.05, 0) is 43.5 Å². The molecule has 2 atom stereocenters. The number of aryl methyl sites for hydroxylation is 2. The molecule has 0 bridgehead atoms. The van der Waals surface area contributed by atoms with Crippen LogP contribution in [0, 0.1) is 19.8 Å². The molecule has 0 aliphatic heterocycles. The molecule has 3 rings (SSSR count). The Labute approximate surface area is 149 Å². The lowest BCUT2D eigenvalue weighted by Crippen LogP contribution is -2.30. The molecule has 2 heterocycles. The SMILES string of the molecule is Cc1cc(C)n(C[C@@H](C)CN[C@@H](c2ccccc2)c2ccccn2)n1. The fourth-order valence-electron chi connectivity index (χ4n) is 3.12. The van der Waals surface area contributed by atoms with Gasteiger partial charge in [-0.25, -0.2) is 0 Å². The number of nitrogens with zero attached hydrogens (tertiary/aromatic N) is 3. The minimum Gasteiger partial charge on any atom is -0.305 e. The molecule has 130 valence electrons. The molecule has 0 saturated heterocycles. The van der Waals surface area contributed by atoms with Crippen LogP contribution in [0.2, 0.25) is 0 Å². The van der Waals surface area contributed by atoms with Crippen LogP contribution in [0.1, 0.15) is 35.6 Å². The zero-order chi connectivity index (χ0) is 17.6. The van der Waals surface area contributed by atoms with Crippen LogP contribution in [0.15, 0.2) is 60.8 Å². The molecule has 0 spiro atoms. The molecule has 3 aromatic rings. The van der Waals surface area contributed by atoms with E-state index < -0.39 is 0 Å². The van der Waals surface area contributed by atoms with Gasteiger partial charge in [0.1, 0.15) is 0 Å². The second-order valence-corrected chi connectivity index (χ2v) is 6.72. The predicted molar refractivity (Wildman–Crippen MR) is 101 cm³/mol. The molecule has 4 heteroatoms. The lowest BCUT2D eigenvalue weighted by Gasteiger charge is -2.22. The normalized spacial score (nSPS) is 13.6. The van der Waals surface area contributed by atoms with E-state index in [4.69, 9.17) is 0 Å². The first-order valence-electron chi connectivity index (χ1n) is 8.84. The monoisotopic (exact) mass is 334 g/mol. The Morgan fingerprint density at radius 1 is 1.04 bits per heavy atom. The molecule has 0 amide bonds. The van der Waals surface area contributed by atoms with E-state index in [9.17, 15) is 0 Å². The predicted octanol–water partition coefficient (Wildman–Crippen LogP) is 3.91. The van der Waals surface area contributed by atoms with Crippen molar-refractivity contribution < 1.29 is 0 Å². The van der Waals surface area contributed by atoms with E-state index in [1.807, 2.05) is 31.3 Å². The van der Waals surface area contributed by atoms with Gasteiger partial charge in [0.15, 0.2) is 0 Å². The molecule has 2 aromatic heterocycles. The lowest BCUT2D eigenvalue weighted by atomic mass is 10.0. The Balaban J connectivity index is 1.69. The average Bonchev–Trinajstić information content (AvgIpc) is 2.94. The fraction of sp³-hybridized carbons (Fsp3) is 0.333. The summed E-state index contributed by atoms with van der Waals surface area (Å²) in [6.45, 7) is 8.22. The molecule has 0 unspecified atom stereocenters. The maximum atomic E-state index is 4.57. The minimum atomic E-state index is 0.102. The van der Waals surface area contributed by atoms with Crippen molar-refractivity contribution in [2.24, 2.45) is 5.92 Å². The fourth-order valence-corrected chi connectivity index (χ4v) is 3.12. The highest BCUT2D eigenvalue weighted by atomic mass is 15.3. The lowest BCUT2D eigenvalue weighted by molar-refractivity contribution is 0.402. The van der Waals surface area contributed by atoms with Crippen LogP contribution in [-0.4, -0.2) is 21.3 Å². The summed E-state index contributed by atoms with van der Waals surface area (Å²) in [6.07, 6.45) is 1.85. The summed E-state index contributed by atoms with van der Waals surface area (Å²) in [5, 5.41) is 8.27. The summed E-state index contributed by atoms with van der Waals surface area (Å²) < 4.78 is 2.10. The number of aromatic nitrogens is 3. The van der Waals surface area contributed by atoms with Gasteiger partial charge in [-0.1, -0.05) is 43.3 Å². The first-order chi connectivity index (χ1) is 12.1. The van der Waals surface area contributed by atoms with Crippen LogP contribution in [0.3, 0.4) is 0 Å². The van der Waals surface area contributed by atoms with Crippen LogP contribution in [0.5, 0.6) is 0 Å². The molecule has 0 radical (unpaired) electrons. The Bertz CT molecular complexity index is 741. The van der Waals surface area contributed by atoms with Gasteiger partial charge in [-0.15, -0.1) is 0 Å². The summed E-state index contributed by atoms with van der Waals surface area (Å²) >= 11 is 0. The van der Waals surface area contributed by atoms with Gasteiger partial charge < -0.3 is 5.32 Å². The Hall–Kier alpha value is -2.46. The Kier molecular flexibility index (Phi) is 5.61. The van der Waals surface area contributed by atoms with E-state index >= 15 is 0 Å². The second-order valence-electron chi connectivity index (χ2n) is 6.72. The van der Waals surface area contributed by atoms with E-state index in [0.717, 1.165) is 24.5 Å². The molecule has 1 aromatic carbocycles. The molecular weight excluding hydrogens is 308 g/mol. The third kappa shape index (κ3) is 4.54. The summed E-state index contributed by atoms with van der Waals surface area (Å²) in [5.74, 6) is 0.466. The van der Waals surface area contributed by atoms with E-state index in [1.54, 1.807) is 0 Å². The van der Waals surface area contributed by atoms with E-state index in [2.05, 4.69) is 70.3 Å². The van der Waals surface area contributed by atoms with Crippen LogP contribution in [0.25, 0.3) is 0 Å². The van der Waals surface area contributed by atoms with Gasteiger partial charge in [-0.2, -0.15) is 5.10 Å². The number of hydrogen-bond acceptors (Lipinski definition) is 3. The largest absolute Gasteiger partial charge is 0.305 e. The topological polar surface area (TPSA) is 42.7 Å². The number of pyridine rings is 1. The molecule has 1 N–H and O–H groups in total. The first kappa shape index (κ1) is 17.4. The summed E-state index contributed by atoms with van der Waals surface area (Å²) in [7, 11) is 0. The second kappa shape index (κ2) is 8.08. The van der Waals surface area contributed by atoms with Crippen LogP contribution in [0.4, 0.5) is 0 Å². The minimum absolute atomic E-state index is 0.102. The molecule has 4 nitrogen and oxygen atoms in total. The highest BCUT2D eigenvalue weighted by Crippen LogP contribution is 2.20. The third-order valence-electron chi connectivity index (χ3n) is 4.37. The maximum Gasteiger partial charge on any atom is 0.0751 e. The van der Waals surface area contributed by atoms with Gasteiger partial charge in [0.25, 0.3) is 0 Å². The standard InChI is InChI=1S/C21H26N4/c1-16(15-25-18(3)13-17(2)24-25)14-23-21(19-9-5-4-6-10-19)20-11-7-8-12-22-20/h4-13,16,21,23H,14-15H2,1-3H3/t16-,21-/m0/s1. The van der Waals surface area contributed by atoms with Crippen molar-refractivity contribution in [3.05, 3.63) is 83.4 Å². The maximum absolute atomic E-state index is 4.57. The van der Waals surface area contributed by atoms with E-state index in [1.165, 1.54) is 11.3 Å². The smallest absolute Gasteiger partial charge is 0.0751 e. The van der Waals surface area contributed by atoms with Crippen molar-refractivity contribution >= 4 is 0 Å². The average molecular weight is 334 g/mol. The van der Waals surface area contributed by atoms with Crippen molar-refractivity contribution in [1.29, 1.82) is 0 Å². The summed E-state index contributed by atoms with van der Waals surface area (Å²) in [6, 6.07) is 18.8. The van der Waals surface area contributed by atoms with Crippen LogP contribution in [-0.2, 0) is 6.54 Å². The highest BCUT2D eigenvalue weighted by Gasteiger charge is 2.16. The number of hydrogen-bond donors (Lipinski definition) is 1. The van der Waals surface area contributed by atoms with Crippen LogP contribution < -0.4 is 5.32 Å².